The molecule has 0 aromatic heterocycles. The largest absolute Gasteiger partial charge is 0.507 e. The summed E-state index contributed by atoms with van der Waals surface area (Å²) < 4.78 is 0. The highest BCUT2D eigenvalue weighted by molar-refractivity contribution is 6.51. The van der Waals surface area contributed by atoms with Crippen molar-refractivity contribution in [1.82, 2.24) is 0 Å². The molecule has 4 rings (SSSR count). The predicted octanol–water partition coefficient (Wildman–Crippen LogP) is 5.18. The number of rotatable bonds is 4. The topological polar surface area (TPSA) is 101 Å². The minimum absolute atomic E-state index is 0.105. The van der Waals surface area contributed by atoms with E-state index in [1.807, 2.05) is 19.1 Å². The highest BCUT2D eigenvalue weighted by Gasteiger charge is 2.46. The zero-order valence-corrected chi connectivity index (χ0v) is 17.6. The number of anilines is 1. The van der Waals surface area contributed by atoms with Crippen LogP contribution < -0.4 is 4.90 Å². The maximum absolute atomic E-state index is 13.1. The fourth-order valence-corrected chi connectivity index (χ4v) is 3.79. The van der Waals surface area contributed by atoms with E-state index in [4.69, 9.17) is 11.6 Å². The molecular weight excluding hydrogens is 432 g/mol. The summed E-state index contributed by atoms with van der Waals surface area (Å²) in [7, 11) is 0. The Morgan fingerprint density at radius 2 is 1.56 bits per heavy atom. The van der Waals surface area contributed by atoms with Crippen LogP contribution in [-0.4, -0.2) is 21.7 Å². The van der Waals surface area contributed by atoms with Crippen LogP contribution in [0.1, 0.15) is 22.7 Å². The maximum atomic E-state index is 13.1. The lowest BCUT2D eigenvalue weighted by Gasteiger charge is -2.25. The van der Waals surface area contributed by atoms with Crippen LogP contribution in [0.25, 0.3) is 5.76 Å². The van der Waals surface area contributed by atoms with Crippen LogP contribution in [-0.2, 0) is 9.59 Å². The first kappa shape index (κ1) is 21.3. The number of carbonyl (C=O) groups is 2. The summed E-state index contributed by atoms with van der Waals surface area (Å²) in [5.74, 6) is -2.04. The van der Waals surface area contributed by atoms with E-state index < -0.39 is 28.4 Å². The fourth-order valence-electron chi connectivity index (χ4n) is 3.66. The number of Topliss-reactive ketones (excluding diaryl/α,β-unsaturated/α-hetero) is 1. The molecule has 3 aromatic carbocycles. The van der Waals surface area contributed by atoms with Gasteiger partial charge in [0.15, 0.2) is 0 Å². The Balaban J connectivity index is 1.90. The lowest BCUT2D eigenvalue weighted by Crippen LogP contribution is -2.29. The molecule has 8 heteroatoms. The van der Waals surface area contributed by atoms with Crippen molar-refractivity contribution in [2.24, 2.45) is 0 Å². The van der Waals surface area contributed by atoms with Gasteiger partial charge in [-0.05, 0) is 48.9 Å². The molecule has 1 aliphatic rings. The summed E-state index contributed by atoms with van der Waals surface area (Å²) in [5, 5.41) is 22.4. The van der Waals surface area contributed by atoms with Crippen LogP contribution >= 0.6 is 11.6 Å². The summed E-state index contributed by atoms with van der Waals surface area (Å²) in [5.41, 5.74) is 2.00. The molecule has 0 spiro atoms. The first-order valence-electron chi connectivity index (χ1n) is 9.66. The van der Waals surface area contributed by atoms with Gasteiger partial charge < -0.3 is 5.11 Å². The number of aryl methyl sites for hydroxylation is 1. The highest BCUT2D eigenvalue weighted by atomic mass is 35.5. The highest BCUT2D eigenvalue weighted by Crippen LogP contribution is 2.42. The van der Waals surface area contributed by atoms with Gasteiger partial charge in [-0.25, -0.2) is 0 Å². The SMILES string of the molecule is Cc1ccc(N2C(=O)C(=O)/C(=C(/O)c3ccc([N+](=O)[O-])cc3)[C@@H]2c2ccc(Cl)cc2)cc1. The summed E-state index contributed by atoms with van der Waals surface area (Å²) >= 11 is 6.02. The summed E-state index contributed by atoms with van der Waals surface area (Å²) in [4.78, 5) is 37.8. The second-order valence-corrected chi connectivity index (χ2v) is 7.80. The van der Waals surface area contributed by atoms with E-state index in [9.17, 15) is 24.8 Å². The molecule has 1 aliphatic heterocycles. The average Bonchev–Trinajstić information content (AvgIpc) is 3.05. The summed E-state index contributed by atoms with van der Waals surface area (Å²) in [6.07, 6.45) is 0. The van der Waals surface area contributed by atoms with Crippen molar-refractivity contribution in [1.29, 1.82) is 0 Å². The van der Waals surface area contributed by atoms with E-state index >= 15 is 0 Å². The molecule has 0 aliphatic carbocycles. The minimum Gasteiger partial charge on any atom is -0.507 e. The molecule has 3 aromatic rings. The quantitative estimate of drug-likeness (QED) is 0.195. The van der Waals surface area contributed by atoms with Crippen LogP contribution in [0.5, 0.6) is 0 Å². The number of nitro groups is 1. The van der Waals surface area contributed by atoms with Crippen molar-refractivity contribution >= 4 is 40.4 Å². The standard InChI is InChI=1S/C24H17ClN2O5/c1-14-2-10-18(11-3-14)26-21(15-4-8-17(25)9-5-15)20(23(29)24(26)30)22(28)16-6-12-19(13-7-16)27(31)32/h2-13,21,28H,1H3/b22-20+/t21-/m0/s1. The number of benzene rings is 3. The minimum atomic E-state index is -0.898. The van der Waals surface area contributed by atoms with Gasteiger partial charge in [-0.15, -0.1) is 0 Å². The van der Waals surface area contributed by atoms with E-state index in [0.717, 1.165) is 5.56 Å². The van der Waals surface area contributed by atoms with Crippen LogP contribution in [0.4, 0.5) is 11.4 Å². The normalized spacial score (nSPS) is 17.6. The van der Waals surface area contributed by atoms with Crippen LogP contribution in [0.3, 0.4) is 0 Å². The third-order valence-corrected chi connectivity index (χ3v) is 5.55. The first-order valence-corrected chi connectivity index (χ1v) is 10.0. The van der Waals surface area contributed by atoms with Crippen molar-refractivity contribution in [2.45, 2.75) is 13.0 Å². The number of nitrogens with zero attached hydrogens (tertiary/aromatic N) is 2. The molecule has 1 heterocycles. The number of aliphatic hydroxyl groups is 1. The molecule has 0 saturated carbocycles. The summed E-state index contributed by atoms with van der Waals surface area (Å²) in [6, 6.07) is 18.0. The average molecular weight is 449 g/mol. The second kappa shape index (κ2) is 8.28. The lowest BCUT2D eigenvalue weighted by molar-refractivity contribution is -0.384. The number of halogens is 1. The lowest BCUT2D eigenvalue weighted by atomic mass is 9.95. The smallest absolute Gasteiger partial charge is 0.300 e. The molecular formula is C24H17ClN2O5. The first-order chi connectivity index (χ1) is 15.3. The monoisotopic (exact) mass is 448 g/mol. The van der Waals surface area contributed by atoms with Gasteiger partial charge >= 0.3 is 0 Å². The van der Waals surface area contributed by atoms with Gasteiger partial charge in [-0.1, -0.05) is 41.4 Å². The number of hydrogen-bond acceptors (Lipinski definition) is 5. The van der Waals surface area contributed by atoms with Gasteiger partial charge in [-0.2, -0.15) is 0 Å². The maximum Gasteiger partial charge on any atom is 0.300 e. The molecule has 1 fully saturated rings. The summed E-state index contributed by atoms with van der Waals surface area (Å²) in [6.45, 7) is 1.91. The molecule has 7 nitrogen and oxygen atoms in total. The number of amides is 1. The van der Waals surface area contributed by atoms with Crippen molar-refractivity contribution in [3.8, 4) is 0 Å². The predicted molar refractivity (Wildman–Crippen MR) is 121 cm³/mol. The van der Waals surface area contributed by atoms with Crippen LogP contribution in [0.2, 0.25) is 5.02 Å². The van der Waals surface area contributed by atoms with Gasteiger partial charge in [0, 0.05) is 28.4 Å². The molecule has 32 heavy (non-hydrogen) atoms. The van der Waals surface area contributed by atoms with E-state index in [0.29, 0.717) is 16.3 Å². The molecule has 1 saturated heterocycles. The molecule has 1 N–H and O–H groups in total. The zero-order valence-electron chi connectivity index (χ0n) is 16.9. The Morgan fingerprint density at radius 1 is 0.969 bits per heavy atom. The number of hydrogen-bond donors (Lipinski definition) is 1. The number of non-ortho nitro benzene ring substituents is 1. The van der Waals surface area contributed by atoms with Gasteiger partial charge in [0.2, 0.25) is 0 Å². The van der Waals surface area contributed by atoms with E-state index in [-0.39, 0.29) is 16.8 Å². The Morgan fingerprint density at radius 3 is 2.12 bits per heavy atom. The van der Waals surface area contributed by atoms with E-state index in [1.54, 1.807) is 36.4 Å². The number of carbonyl (C=O) groups excluding carboxylic acids is 2. The number of aliphatic hydroxyl groups excluding tert-OH is 1. The van der Waals surface area contributed by atoms with Crippen LogP contribution in [0, 0.1) is 17.0 Å². The van der Waals surface area contributed by atoms with Crippen molar-refractivity contribution in [3.63, 3.8) is 0 Å². The Labute approximate surface area is 188 Å². The molecule has 0 unspecified atom stereocenters. The van der Waals surface area contributed by atoms with Gasteiger partial charge in [-0.3, -0.25) is 24.6 Å². The van der Waals surface area contributed by atoms with Crippen molar-refractivity contribution in [3.05, 3.63) is 110 Å². The molecule has 1 atom stereocenters. The number of nitro benzene ring substituents is 1. The number of ketones is 1. The van der Waals surface area contributed by atoms with E-state index in [1.165, 1.54) is 29.2 Å². The molecule has 160 valence electrons. The Bertz CT molecular complexity index is 1250. The zero-order chi connectivity index (χ0) is 23.0. The van der Waals surface area contributed by atoms with Crippen molar-refractivity contribution in [2.75, 3.05) is 4.90 Å². The van der Waals surface area contributed by atoms with Gasteiger partial charge in [0.1, 0.15) is 5.76 Å². The van der Waals surface area contributed by atoms with Gasteiger partial charge in [0.25, 0.3) is 17.4 Å². The third-order valence-electron chi connectivity index (χ3n) is 5.29. The van der Waals surface area contributed by atoms with Crippen molar-refractivity contribution < 1.29 is 19.6 Å². The Hall–Kier alpha value is -3.97. The van der Waals surface area contributed by atoms with Gasteiger partial charge in [0.05, 0.1) is 16.5 Å². The molecule has 0 bridgehead atoms. The second-order valence-electron chi connectivity index (χ2n) is 7.36. The van der Waals surface area contributed by atoms with E-state index in [2.05, 4.69) is 0 Å². The molecule has 0 radical (unpaired) electrons. The Kier molecular flexibility index (Phi) is 5.50. The van der Waals surface area contributed by atoms with Crippen LogP contribution in [0.15, 0.2) is 78.4 Å². The fraction of sp³-hybridized carbons (Fsp3) is 0.0833. The third kappa shape index (κ3) is 3.74. The molecule has 1 amide bonds.